The summed E-state index contributed by atoms with van der Waals surface area (Å²) in [5.41, 5.74) is 1.18. The summed E-state index contributed by atoms with van der Waals surface area (Å²) in [6.07, 6.45) is 0. The molecule has 1 aliphatic heterocycles. The molecule has 6 heteroatoms. The topological polar surface area (TPSA) is 83.9 Å². The van der Waals surface area contributed by atoms with Crippen molar-refractivity contribution in [1.29, 1.82) is 0 Å². The molecule has 0 spiro atoms. The lowest BCUT2D eigenvalue weighted by Gasteiger charge is -2.16. The number of carboxylic acids is 1. The van der Waals surface area contributed by atoms with E-state index in [-0.39, 0.29) is 5.56 Å². The van der Waals surface area contributed by atoms with Gasteiger partial charge in [-0.2, -0.15) is 0 Å². The number of hydrogen-bond acceptors (Lipinski definition) is 4. The molecule has 1 heterocycles. The fourth-order valence-electron chi connectivity index (χ4n) is 2.02. The molecule has 1 N–H and O–H groups in total. The van der Waals surface area contributed by atoms with Crippen molar-refractivity contribution in [3.8, 4) is 5.75 Å². The third kappa shape index (κ3) is 1.71. The molecule has 1 amide bonds. The normalized spacial score (nSPS) is 13.8. The number of carbonyl (C=O) groups excluding carboxylic acids is 2. The molecule has 0 radical (unpaired) electrons. The largest absolute Gasteiger partial charge is 0.497 e. The summed E-state index contributed by atoms with van der Waals surface area (Å²) in [4.78, 5) is 35.2. The number of amides is 1. The molecule has 0 bridgehead atoms. The molecule has 0 aromatic heterocycles. The van der Waals surface area contributed by atoms with Crippen LogP contribution < -0.4 is 9.64 Å². The highest BCUT2D eigenvalue weighted by Crippen LogP contribution is 2.35. The first-order valence-electron chi connectivity index (χ1n) is 5.22. The number of Topliss-reactive ketones (excluding diaryl/α,β-unsaturated/α-hetero) is 1. The minimum atomic E-state index is -1.17. The van der Waals surface area contributed by atoms with Gasteiger partial charge in [0, 0.05) is 0 Å². The molecular formula is C12H11NO5. The van der Waals surface area contributed by atoms with Crippen LogP contribution in [0.15, 0.2) is 12.1 Å². The van der Waals surface area contributed by atoms with Crippen LogP contribution >= 0.6 is 0 Å². The van der Waals surface area contributed by atoms with E-state index in [4.69, 9.17) is 9.84 Å². The summed E-state index contributed by atoms with van der Waals surface area (Å²) in [5, 5.41) is 8.77. The Morgan fingerprint density at radius 3 is 2.61 bits per heavy atom. The summed E-state index contributed by atoms with van der Waals surface area (Å²) in [6.45, 7) is 1.17. The average Bonchev–Trinajstić information content (AvgIpc) is 2.54. The van der Waals surface area contributed by atoms with Crippen molar-refractivity contribution in [2.75, 3.05) is 18.6 Å². The van der Waals surface area contributed by atoms with Crippen LogP contribution in [0.4, 0.5) is 5.69 Å². The van der Waals surface area contributed by atoms with Crippen molar-refractivity contribution in [2.24, 2.45) is 0 Å². The smallest absolute Gasteiger partial charge is 0.323 e. The van der Waals surface area contributed by atoms with Crippen molar-refractivity contribution >= 4 is 23.3 Å². The van der Waals surface area contributed by atoms with Gasteiger partial charge < -0.3 is 9.84 Å². The summed E-state index contributed by atoms with van der Waals surface area (Å²) >= 11 is 0. The van der Waals surface area contributed by atoms with E-state index < -0.39 is 24.2 Å². The van der Waals surface area contributed by atoms with E-state index in [0.717, 1.165) is 4.90 Å². The third-order valence-corrected chi connectivity index (χ3v) is 2.76. The van der Waals surface area contributed by atoms with Crippen molar-refractivity contribution < 1.29 is 24.2 Å². The Labute approximate surface area is 103 Å². The first kappa shape index (κ1) is 12.1. The van der Waals surface area contributed by atoms with E-state index in [2.05, 4.69) is 0 Å². The van der Waals surface area contributed by atoms with Gasteiger partial charge in [0.25, 0.3) is 11.7 Å². The zero-order valence-corrected chi connectivity index (χ0v) is 9.89. The van der Waals surface area contributed by atoms with Gasteiger partial charge in [0.2, 0.25) is 0 Å². The fourth-order valence-corrected chi connectivity index (χ4v) is 2.02. The Morgan fingerprint density at radius 1 is 1.39 bits per heavy atom. The second-order valence-corrected chi connectivity index (χ2v) is 3.95. The second kappa shape index (κ2) is 4.14. The number of nitrogens with zero attached hydrogens (tertiary/aromatic N) is 1. The summed E-state index contributed by atoms with van der Waals surface area (Å²) < 4.78 is 5.02. The summed E-state index contributed by atoms with van der Waals surface area (Å²) in [7, 11) is 1.46. The molecule has 94 valence electrons. The number of methoxy groups -OCH3 is 1. The minimum absolute atomic E-state index is 0.193. The SMILES string of the molecule is COc1cc(C)c2c(c1)C(=O)C(=O)N2CC(=O)O. The van der Waals surface area contributed by atoms with Gasteiger partial charge in [-0.25, -0.2) is 0 Å². The van der Waals surface area contributed by atoms with Crippen molar-refractivity contribution in [3.63, 3.8) is 0 Å². The van der Waals surface area contributed by atoms with Gasteiger partial charge in [-0.15, -0.1) is 0 Å². The molecule has 1 aromatic carbocycles. The van der Waals surface area contributed by atoms with Crippen LogP contribution in [-0.2, 0) is 9.59 Å². The lowest BCUT2D eigenvalue weighted by Crippen LogP contribution is -2.34. The van der Waals surface area contributed by atoms with E-state index in [1.807, 2.05) is 0 Å². The second-order valence-electron chi connectivity index (χ2n) is 3.95. The Kier molecular flexibility index (Phi) is 2.78. The Morgan fingerprint density at radius 2 is 2.06 bits per heavy atom. The maximum Gasteiger partial charge on any atom is 0.323 e. The Bertz CT molecular complexity index is 564. The average molecular weight is 249 g/mol. The van der Waals surface area contributed by atoms with E-state index >= 15 is 0 Å². The minimum Gasteiger partial charge on any atom is -0.497 e. The number of carboxylic acid groups (broad SMARTS) is 1. The number of benzene rings is 1. The number of hydrogen-bond donors (Lipinski definition) is 1. The van der Waals surface area contributed by atoms with Gasteiger partial charge in [0.15, 0.2) is 0 Å². The quantitative estimate of drug-likeness (QED) is 0.794. The number of rotatable bonds is 3. The summed E-state index contributed by atoms with van der Waals surface area (Å²) in [5.74, 6) is -2.22. The maximum atomic E-state index is 11.8. The van der Waals surface area contributed by atoms with E-state index in [9.17, 15) is 14.4 Å². The van der Waals surface area contributed by atoms with Gasteiger partial charge in [-0.05, 0) is 24.6 Å². The number of fused-ring (bicyclic) bond motifs is 1. The van der Waals surface area contributed by atoms with E-state index in [0.29, 0.717) is 17.0 Å². The van der Waals surface area contributed by atoms with E-state index in [1.54, 1.807) is 13.0 Å². The molecule has 18 heavy (non-hydrogen) atoms. The number of ether oxygens (including phenoxy) is 1. The highest BCUT2D eigenvalue weighted by atomic mass is 16.5. The summed E-state index contributed by atoms with van der Waals surface area (Å²) in [6, 6.07) is 3.10. The fraction of sp³-hybridized carbons (Fsp3) is 0.250. The first-order valence-corrected chi connectivity index (χ1v) is 5.22. The number of anilines is 1. The number of aryl methyl sites for hydroxylation is 1. The van der Waals surface area contributed by atoms with Gasteiger partial charge in [0.05, 0.1) is 18.4 Å². The molecule has 0 atom stereocenters. The zero-order chi connectivity index (χ0) is 13.4. The van der Waals surface area contributed by atoms with Crippen LogP contribution in [0.3, 0.4) is 0 Å². The highest BCUT2D eigenvalue weighted by Gasteiger charge is 2.38. The van der Waals surface area contributed by atoms with Gasteiger partial charge in [-0.3, -0.25) is 19.3 Å². The van der Waals surface area contributed by atoms with Crippen molar-refractivity contribution in [1.82, 2.24) is 0 Å². The lowest BCUT2D eigenvalue weighted by molar-refractivity contribution is -0.136. The molecule has 1 aliphatic rings. The monoisotopic (exact) mass is 249 g/mol. The number of aliphatic carboxylic acids is 1. The van der Waals surface area contributed by atoms with Gasteiger partial charge in [-0.1, -0.05) is 0 Å². The van der Waals surface area contributed by atoms with Crippen molar-refractivity contribution in [3.05, 3.63) is 23.3 Å². The number of ketones is 1. The van der Waals surface area contributed by atoms with Crippen molar-refractivity contribution in [2.45, 2.75) is 6.92 Å². The molecule has 6 nitrogen and oxygen atoms in total. The molecule has 2 rings (SSSR count). The van der Waals surface area contributed by atoms with Crippen LogP contribution in [-0.4, -0.2) is 36.4 Å². The van der Waals surface area contributed by atoms with Crippen LogP contribution in [0, 0.1) is 6.92 Å². The third-order valence-electron chi connectivity index (χ3n) is 2.76. The van der Waals surface area contributed by atoms with E-state index in [1.165, 1.54) is 13.2 Å². The molecule has 0 saturated carbocycles. The Balaban J connectivity index is 2.58. The predicted octanol–water partition coefficient (Wildman–Crippen LogP) is 0.618. The molecule has 0 saturated heterocycles. The molecule has 0 aliphatic carbocycles. The van der Waals surface area contributed by atoms with Crippen LogP contribution in [0.5, 0.6) is 5.75 Å². The highest BCUT2D eigenvalue weighted by molar-refractivity contribution is 6.52. The Hall–Kier alpha value is -2.37. The first-order chi connectivity index (χ1) is 8.45. The van der Waals surface area contributed by atoms with Crippen LogP contribution in [0.25, 0.3) is 0 Å². The zero-order valence-electron chi connectivity index (χ0n) is 9.89. The molecule has 0 unspecified atom stereocenters. The van der Waals surface area contributed by atoms with Gasteiger partial charge >= 0.3 is 5.97 Å². The standard InChI is InChI=1S/C12H11NO5/c1-6-3-7(18-2)4-8-10(6)13(5-9(14)15)12(17)11(8)16/h3-4H,5H2,1-2H3,(H,14,15). The maximum absolute atomic E-state index is 11.8. The molecule has 0 fully saturated rings. The lowest BCUT2D eigenvalue weighted by atomic mass is 10.1. The molecule has 1 aromatic rings. The van der Waals surface area contributed by atoms with Crippen LogP contribution in [0.1, 0.15) is 15.9 Å². The van der Waals surface area contributed by atoms with Crippen LogP contribution in [0.2, 0.25) is 0 Å². The molecular weight excluding hydrogens is 238 g/mol. The van der Waals surface area contributed by atoms with Gasteiger partial charge in [0.1, 0.15) is 12.3 Å². The number of carbonyl (C=O) groups is 3. The predicted molar refractivity (Wildman–Crippen MR) is 62.1 cm³/mol.